The smallest absolute Gasteiger partial charge is 0.143 e. The molecule has 0 aliphatic carbocycles. The minimum Gasteiger partial charge on any atom is -0.381 e. The summed E-state index contributed by atoms with van der Waals surface area (Å²) in [6.07, 6.45) is 0. The van der Waals surface area contributed by atoms with Crippen LogP contribution in [0.15, 0.2) is 30.4 Å². The van der Waals surface area contributed by atoms with E-state index in [2.05, 4.69) is 11.9 Å². The topological polar surface area (TPSA) is 12.0 Å². The standard InChI is InChI=1S/C10H11ClFN/c1-7(2)6-13-8-3-4-9(11)10(12)5-8/h3-5,13H,1,6H2,2H3. The summed E-state index contributed by atoms with van der Waals surface area (Å²) in [7, 11) is 0. The molecular weight excluding hydrogens is 189 g/mol. The van der Waals surface area contributed by atoms with Gasteiger partial charge in [0.15, 0.2) is 0 Å². The van der Waals surface area contributed by atoms with E-state index in [1.54, 1.807) is 6.07 Å². The maximum Gasteiger partial charge on any atom is 0.143 e. The molecule has 1 aromatic rings. The average Bonchev–Trinajstić information content (AvgIpc) is 2.07. The summed E-state index contributed by atoms with van der Waals surface area (Å²) in [6.45, 7) is 6.27. The van der Waals surface area contributed by atoms with Crippen molar-refractivity contribution in [2.75, 3.05) is 11.9 Å². The van der Waals surface area contributed by atoms with Crippen LogP contribution in [0.4, 0.5) is 10.1 Å². The fourth-order valence-electron chi connectivity index (χ4n) is 0.859. The quantitative estimate of drug-likeness (QED) is 0.736. The van der Waals surface area contributed by atoms with Crippen LogP contribution in [0.3, 0.4) is 0 Å². The lowest BCUT2D eigenvalue weighted by Gasteiger charge is -2.05. The maximum absolute atomic E-state index is 12.9. The Morgan fingerprint density at radius 3 is 2.85 bits per heavy atom. The largest absolute Gasteiger partial charge is 0.381 e. The summed E-state index contributed by atoms with van der Waals surface area (Å²) in [6, 6.07) is 4.62. The van der Waals surface area contributed by atoms with Gasteiger partial charge in [-0.15, -0.1) is 0 Å². The van der Waals surface area contributed by atoms with Gasteiger partial charge in [0.2, 0.25) is 0 Å². The lowest BCUT2D eigenvalue weighted by atomic mass is 10.3. The Hall–Kier alpha value is -1.02. The second-order valence-corrected chi connectivity index (χ2v) is 3.35. The van der Waals surface area contributed by atoms with Crippen molar-refractivity contribution in [2.24, 2.45) is 0 Å². The molecule has 1 N–H and O–H groups in total. The molecule has 0 saturated heterocycles. The molecule has 0 fully saturated rings. The summed E-state index contributed by atoms with van der Waals surface area (Å²) in [5.41, 5.74) is 1.71. The van der Waals surface area contributed by atoms with Gasteiger partial charge in [0, 0.05) is 12.2 Å². The molecule has 1 aromatic carbocycles. The van der Waals surface area contributed by atoms with Gasteiger partial charge in [0.05, 0.1) is 5.02 Å². The lowest BCUT2D eigenvalue weighted by molar-refractivity contribution is 0.628. The number of nitrogens with one attached hydrogen (secondary N) is 1. The van der Waals surface area contributed by atoms with E-state index in [0.29, 0.717) is 12.2 Å². The number of halogens is 2. The summed E-state index contributed by atoms with van der Waals surface area (Å²) in [5, 5.41) is 3.15. The van der Waals surface area contributed by atoms with E-state index in [9.17, 15) is 4.39 Å². The van der Waals surface area contributed by atoms with Crippen LogP contribution < -0.4 is 5.32 Å². The first-order valence-corrected chi connectivity index (χ1v) is 4.30. The molecule has 0 radical (unpaired) electrons. The van der Waals surface area contributed by atoms with Gasteiger partial charge < -0.3 is 5.32 Å². The molecule has 0 amide bonds. The molecule has 0 spiro atoms. The Balaban J connectivity index is 2.68. The van der Waals surface area contributed by atoms with Crippen molar-refractivity contribution >= 4 is 17.3 Å². The number of anilines is 1. The molecule has 0 aromatic heterocycles. The van der Waals surface area contributed by atoms with Crippen LogP contribution >= 0.6 is 11.6 Å². The molecule has 1 nitrogen and oxygen atoms in total. The van der Waals surface area contributed by atoms with Gasteiger partial charge in [-0.25, -0.2) is 4.39 Å². The summed E-state index contributed by atoms with van der Waals surface area (Å²) < 4.78 is 12.9. The second kappa shape index (κ2) is 4.28. The first-order chi connectivity index (χ1) is 6.09. The highest BCUT2D eigenvalue weighted by Gasteiger charge is 1.99. The zero-order valence-electron chi connectivity index (χ0n) is 7.40. The Morgan fingerprint density at radius 1 is 1.62 bits per heavy atom. The molecule has 0 unspecified atom stereocenters. The molecule has 0 heterocycles. The summed E-state index contributed by atoms with van der Waals surface area (Å²) in [4.78, 5) is 0. The monoisotopic (exact) mass is 199 g/mol. The zero-order valence-corrected chi connectivity index (χ0v) is 8.16. The Kier molecular flexibility index (Phi) is 3.32. The van der Waals surface area contributed by atoms with Gasteiger partial charge in [-0.2, -0.15) is 0 Å². The van der Waals surface area contributed by atoms with Gasteiger partial charge in [-0.1, -0.05) is 23.8 Å². The third-order valence-corrected chi connectivity index (χ3v) is 1.82. The van der Waals surface area contributed by atoms with E-state index >= 15 is 0 Å². The van der Waals surface area contributed by atoms with Crippen LogP contribution in [-0.2, 0) is 0 Å². The van der Waals surface area contributed by atoms with Crippen molar-refractivity contribution in [1.82, 2.24) is 0 Å². The molecule has 70 valence electrons. The predicted octanol–water partition coefficient (Wildman–Crippen LogP) is 3.47. The van der Waals surface area contributed by atoms with Gasteiger partial charge in [-0.3, -0.25) is 0 Å². The van der Waals surface area contributed by atoms with Crippen molar-refractivity contribution in [3.05, 3.63) is 41.2 Å². The van der Waals surface area contributed by atoms with Crippen molar-refractivity contribution in [3.8, 4) is 0 Å². The Morgan fingerprint density at radius 2 is 2.31 bits per heavy atom. The third kappa shape index (κ3) is 3.07. The van der Waals surface area contributed by atoms with E-state index in [1.807, 2.05) is 6.92 Å². The highest BCUT2D eigenvalue weighted by molar-refractivity contribution is 6.30. The normalized spacial score (nSPS) is 9.77. The van der Waals surface area contributed by atoms with Crippen LogP contribution in [-0.4, -0.2) is 6.54 Å². The molecule has 13 heavy (non-hydrogen) atoms. The number of hydrogen-bond acceptors (Lipinski definition) is 1. The number of hydrogen-bond donors (Lipinski definition) is 1. The van der Waals surface area contributed by atoms with Gasteiger partial charge in [0.1, 0.15) is 5.82 Å². The zero-order chi connectivity index (χ0) is 9.84. The molecule has 0 aliphatic rings. The number of rotatable bonds is 3. The molecule has 1 rings (SSSR count). The van der Waals surface area contributed by atoms with E-state index in [4.69, 9.17) is 11.6 Å². The van der Waals surface area contributed by atoms with E-state index < -0.39 is 5.82 Å². The van der Waals surface area contributed by atoms with Crippen LogP contribution in [0.25, 0.3) is 0 Å². The Labute approximate surface area is 82.2 Å². The second-order valence-electron chi connectivity index (χ2n) is 2.94. The van der Waals surface area contributed by atoms with Crippen LogP contribution in [0, 0.1) is 5.82 Å². The molecule has 0 bridgehead atoms. The van der Waals surface area contributed by atoms with Gasteiger partial charge >= 0.3 is 0 Å². The van der Waals surface area contributed by atoms with Crippen molar-refractivity contribution in [3.63, 3.8) is 0 Å². The fourth-order valence-corrected chi connectivity index (χ4v) is 0.977. The highest BCUT2D eigenvalue weighted by Crippen LogP contribution is 2.18. The van der Waals surface area contributed by atoms with E-state index in [1.165, 1.54) is 12.1 Å². The molecular formula is C10H11ClFN. The minimum absolute atomic E-state index is 0.140. The summed E-state index contributed by atoms with van der Waals surface area (Å²) >= 11 is 5.52. The van der Waals surface area contributed by atoms with Crippen LogP contribution in [0.2, 0.25) is 5.02 Å². The average molecular weight is 200 g/mol. The Bertz CT molecular complexity index is 323. The van der Waals surface area contributed by atoms with Gasteiger partial charge in [-0.05, 0) is 25.1 Å². The molecule has 0 atom stereocenters. The predicted molar refractivity (Wildman–Crippen MR) is 54.7 cm³/mol. The number of benzene rings is 1. The van der Waals surface area contributed by atoms with Crippen LogP contribution in [0.5, 0.6) is 0 Å². The molecule has 3 heteroatoms. The fraction of sp³-hybridized carbons (Fsp3) is 0.200. The van der Waals surface area contributed by atoms with E-state index in [-0.39, 0.29) is 5.02 Å². The molecule has 0 aliphatic heterocycles. The van der Waals surface area contributed by atoms with Crippen molar-refractivity contribution in [2.45, 2.75) is 6.92 Å². The van der Waals surface area contributed by atoms with Gasteiger partial charge in [0.25, 0.3) is 0 Å². The SMILES string of the molecule is C=C(C)CNc1ccc(Cl)c(F)c1. The lowest BCUT2D eigenvalue weighted by Crippen LogP contribution is -2.01. The third-order valence-electron chi connectivity index (χ3n) is 1.51. The van der Waals surface area contributed by atoms with Crippen molar-refractivity contribution in [1.29, 1.82) is 0 Å². The first kappa shape index (κ1) is 10.1. The minimum atomic E-state index is -0.409. The van der Waals surface area contributed by atoms with Crippen molar-refractivity contribution < 1.29 is 4.39 Å². The molecule has 0 saturated carbocycles. The van der Waals surface area contributed by atoms with E-state index in [0.717, 1.165) is 5.57 Å². The highest BCUT2D eigenvalue weighted by atomic mass is 35.5. The van der Waals surface area contributed by atoms with Crippen LogP contribution in [0.1, 0.15) is 6.92 Å². The first-order valence-electron chi connectivity index (χ1n) is 3.93. The maximum atomic E-state index is 12.9. The summed E-state index contributed by atoms with van der Waals surface area (Å²) in [5.74, 6) is -0.409.